The lowest BCUT2D eigenvalue weighted by atomic mass is 9.77. The molecule has 0 spiro atoms. The Kier molecular flexibility index (Phi) is 9.90. The minimum absolute atomic E-state index is 0.0534. The number of nitrogens with one attached hydrogen (secondary N) is 1. The highest BCUT2D eigenvalue weighted by molar-refractivity contribution is 5.99. The van der Waals surface area contributed by atoms with Gasteiger partial charge in [-0.3, -0.25) is 9.48 Å². The van der Waals surface area contributed by atoms with E-state index in [1.165, 1.54) is 5.56 Å². The molecule has 264 valence electrons. The number of hydrogen-bond donors (Lipinski definition) is 3. The van der Waals surface area contributed by atoms with Gasteiger partial charge in [0.1, 0.15) is 11.6 Å². The van der Waals surface area contributed by atoms with Gasteiger partial charge in [-0.25, -0.2) is 9.97 Å². The van der Waals surface area contributed by atoms with E-state index in [9.17, 15) is 9.90 Å². The Labute approximate surface area is 294 Å². The first-order chi connectivity index (χ1) is 24.2. The molecule has 1 saturated carbocycles. The Hall–Kier alpha value is -4.32. The summed E-state index contributed by atoms with van der Waals surface area (Å²) in [4.78, 5) is 27.6. The van der Waals surface area contributed by atoms with Gasteiger partial charge in [-0.15, -0.1) is 0 Å². The van der Waals surface area contributed by atoms with Crippen LogP contribution in [0.25, 0.3) is 22.3 Å². The molecule has 3 aromatic heterocycles. The van der Waals surface area contributed by atoms with E-state index in [-0.39, 0.29) is 35.9 Å². The number of aromatic nitrogens is 4. The lowest BCUT2D eigenvalue weighted by Gasteiger charge is -2.45. The highest BCUT2D eigenvalue weighted by Crippen LogP contribution is 2.42. The van der Waals surface area contributed by atoms with Crippen LogP contribution in [0.2, 0.25) is 0 Å². The second-order valence-corrected chi connectivity index (χ2v) is 14.8. The fourth-order valence-corrected chi connectivity index (χ4v) is 7.85. The molecular formula is C39H50N8O3. The standard InChI is InChI=1S/C39H50N8O3/c1-39(2)13-16-47(31-11-14-46(15-12-31)17-18-48)37-33(39)20-29(22-42-37)27-9-7-26(8-10-27)25-50-35-6-4-5-34(35)44-38(49)32-19-28(21-41-36(32)40)30-23-43-45(3)24-30/h7-10,19-24,31,34-35,48H,4-6,11-18,25H2,1-3H3,(H2,40,41)(H,44,49)/t34-,35-/m0/s1. The number of nitrogen functional groups attached to an aromatic ring is 1. The van der Waals surface area contributed by atoms with Gasteiger partial charge in [0, 0.05) is 80.1 Å². The van der Waals surface area contributed by atoms with Crippen LogP contribution in [0.4, 0.5) is 11.6 Å². The van der Waals surface area contributed by atoms with Crippen LogP contribution < -0.4 is 16.0 Å². The van der Waals surface area contributed by atoms with Gasteiger partial charge in [0.25, 0.3) is 5.91 Å². The number of β-amino-alcohol motifs (C(OH)–C–C–N with tert-alkyl or cyclic N) is 1. The maximum Gasteiger partial charge on any atom is 0.255 e. The van der Waals surface area contributed by atoms with E-state index >= 15 is 0 Å². The van der Waals surface area contributed by atoms with Crippen LogP contribution in [0.5, 0.6) is 0 Å². The summed E-state index contributed by atoms with van der Waals surface area (Å²) in [6, 6.07) is 13.1. The van der Waals surface area contributed by atoms with Gasteiger partial charge in [-0.2, -0.15) is 5.10 Å². The Morgan fingerprint density at radius 2 is 1.74 bits per heavy atom. The van der Waals surface area contributed by atoms with Gasteiger partial charge in [-0.1, -0.05) is 38.1 Å². The average molecular weight is 679 g/mol. The predicted octanol–water partition coefficient (Wildman–Crippen LogP) is 4.94. The number of benzene rings is 1. The third-order valence-electron chi connectivity index (χ3n) is 11.0. The number of nitrogens with zero attached hydrogens (tertiary/aromatic N) is 6. The van der Waals surface area contributed by atoms with Crippen LogP contribution in [-0.2, 0) is 23.8 Å². The fraction of sp³-hybridized carbons (Fsp3) is 0.487. The van der Waals surface area contributed by atoms with Crippen LogP contribution in [0, 0.1) is 0 Å². The van der Waals surface area contributed by atoms with Gasteiger partial charge in [0.2, 0.25) is 0 Å². The molecule has 2 aliphatic heterocycles. The number of piperidine rings is 1. The third-order valence-corrected chi connectivity index (χ3v) is 11.0. The minimum atomic E-state index is -0.237. The zero-order valence-corrected chi connectivity index (χ0v) is 29.5. The molecule has 3 aliphatic rings. The molecule has 0 unspecified atom stereocenters. The molecule has 1 aliphatic carbocycles. The number of carbonyl (C=O) groups is 1. The number of hydrogen-bond acceptors (Lipinski definition) is 9. The Morgan fingerprint density at radius 1 is 0.980 bits per heavy atom. The van der Waals surface area contributed by atoms with Gasteiger partial charge in [0.15, 0.2) is 0 Å². The SMILES string of the molecule is Cn1cc(-c2cnc(N)c(C(=O)N[C@H]3CCC[C@@H]3OCc3ccc(-c4cnc5c(c4)C(C)(C)CCN5C4CCN(CCO)CC4)cc3)c2)cn1. The molecule has 1 saturated heterocycles. The fourth-order valence-electron chi connectivity index (χ4n) is 7.85. The number of fused-ring (bicyclic) bond motifs is 1. The summed E-state index contributed by atoms with van der Waals surface area (Å²) in [6.07, 6.45) is 13.3. The Morgan fingerprint density at radius 3 is 2.48 bits per heavy atom. The average Bonchev–Trinajstić information content (AvgIpc) is 3.76. The van der Waals surface area contributed by atoms with Crippen LogP contribution >= 0.6 is 0 Å². The molecule has 7 rings (SSSR count). The summed E-state index contributed by atoms with van der Waals surface area (Å²) in [7, 11) is 1.85. The summed E-state index contributed by atoms with van der Waals surface area (Å²) < 4.78 is 8.11. The third kappa shape index (κ3) is 7.26. The van der Waals surface area contributed by atoms with Crippen molar-refractivity contribution < 1.29 is 14.6 Å². The highest BCUT2D eigenvalue weighted by atomic mass is 16.5. The van der Waals surface area contributed by atoms with Gasteiger partial charge in [0.05, 0.1) is 37.1 Å². The van der Waals surface area contributed by atoms with Gasteiger partial charge >= 0.3 is 0 Å². The van der Waals surface area contributed by atoms with Crippen molar-refractivity contribution in [2.24, 2.45) is 7.05 Å². The van der Waals surface area contributed by atoms with Crippen molar-refractivity contribution in [1.82, 2.24) is 30.0 Å². The molecular weight excluding hydrogens is 628 g/mol. The number of nitrogens with two attached hydrogens (primary N) is 1. The van der Waals surface area contributed by atoms with Crippen molar-refractivity contribution in [2.45, 2.75) is 82.6 Å². The van der Waals surface area contributed by atoms with Crippen molar-refractivity contribution in [3.05, 3.63) is 77.9 Å². The number of likely N-dealkylation sites (tertiary alicyclic amines) is 1. The van der Waals surface area contributed by atoms with Crippen LogP contribution in [-0.4, -0.2) is 86.6 Å². The zero-order valence-electron chi connectivity index (χ0n) is 29.5. The minimum Gasteiger partial charge on any atom is -0.395 e. The van der Waals surface area contributed by atoms with Crippen LogP contribution in [0.1, 0.15) is 73.9 Å². The quantitative estimate of drug-likeness (QED) is 0.213. The number of rotatable bonds is 10. The molecule has 0 bridgehead atoms. The number of aryl methyl sites for hydroxylation is 1. The lowest BCUT2D eigenvalue weighted by molar-refractivity contribution is 0.0272. The molecule has 1 aromatic carbocycles. The highest BCUT2D eigenvalue weighted by Gasteiger charge is 2.36. The molecule has 5 heterocycles. The summed E-state index contributed by atoms with van der Waals surface area (Å²) in [5.74, 6) is 1.10. The number of aliphatic hydroxyl groups excluding tert-OH is 1. The maximum atomic E-state index is 13.3. The smallest absolute Gasteiger partial charge is 0.255 e. The second kappa shape index (κ2) is 14.5. The molecule has 50 heavy (non-hydrogen) atoms. The summed E-state index contributed by atoms with van der Waals surface area (Å²) in [5.41, 5.74) is 12.9. The van der Waals surface area contributed by atoms with Gasteiger partial charge in [-0.05, 0) is 67.2 Å². The largest absolute Gasteiger partial charge is 0.395 e. The Balaban J connectivity index is 0.980. The number of anilines is 2. The van der Waals surface area contributed by atoms with E-state index in [0.29, 0.717) is 18.2 Å². The van der Waals surface area contributed by atoms with Crippen molar-refractivity contribution >= 4 is 17.5 Å². The topological polar surface area (TPSA) is 135 Å². The first-order valence-corrected chi connectivity index (χ1v) is 18.1. The van der Waals surface area contributed by atoms with Crippen molar-refractivity contribution in [1.29, 1.82) is 0 Å². The molecule has 4 aromatic rings. The summed E-state index contributed by atoms with van der Waals surface area (Å²) in [6.45, 7) is 9.22. The van der Waals surface area contributed by atoms with Gasteiger partial charge < -0.3 is 30.7 Å². The monoisotopic (exact) mass is 678 g/mol. The van der Waals surface area contributed by atoms with Crippen molar-refractivity contribution in [3.63, 3.8) is 0 Å². The molecule has 4 N–H and O–H groups in total. The second-order valence-electron chi connectivity index (χ2n) is 14.8. The van der Waals surface area contributed by atoms with E-state index in [0.717, 1.165) is 98.3 Å². The summed E-state index contributed by atoms with van der Waals surface area (Å²) >= 11 is 0. The molecule has 2 fully saturated rings. The van der Waals surface area contributed by atoms with E-state index in [1.54, 1.807) is 23.1 Å². The Bertz CT molecular complexity index is 1800. The molecule has 11 nitrogen and oxygen atoms in total. The molecule has 0 radical (unpaired) electrons. The maximum absolute atomic E-state index is 13.3. The zero-order chi connectivity index (χ0) is 34.8. The van der Waals surface area contributed by atoms with E-state index in [4.69, 9.17) is 15.5 Å². The normalized spacial score (nSPS) is 20.9. The van der Waals surface area contributed by atoms with E-state index < -0.39 is 0 Å². The predicted molar refractivity (Wildman–Crippen MR) is 196 cm³/mol. The van der Waals surface area contributed by atoms with E-state index in [1.807, 2.05) is 19.4 Å². The number of aliphatic hydroxyl groups is 1. The number of amides is 1. The molecule has 2 atom stereocenters. The van der Waals surface area contributed by atoms with E-state index in [2.05, 4.69) is 69.4 Å². The van der Waals surface area contributed by atoms with Crippen molar-refractivity contribution in [2.75, 3.05) is 43.4 Å². The van der Waals surface area contributed by atoms with Crippen molar-refractivity contribution in [3.8, 4) is 22.3 Å². The number of pyridine rings is 2. The first-order valence-electron chi connectivity index (χ1n) is 18.1. The number of carbonyl (C=O) groups excluding carboxylic acids is 1. The first kappa shape index (κ1) is 34.1. The van der Waals surface area contributed by atoms with Crippen LogP contribution in [0.15, 0.2) is 61.2 Å². The molecule has 11 heteroatoms. The van der Waals surface area contributed by atoms with Crippen LogP contribution in [0.3, 0.4) is 0 Å². The molecule has 1 amide bonds. The number of ether oxygens (including phenoxy) is 1. The lowest BCUT2D eigenvalue weighted by Crippen LogP contribution is -2.49. The summed E-state index contributed by atoms with van der Waals surface area (Å²) in [5, 5.41) is 16.7.